The molecule has 78 valence electrons. The van der Waals surface area contributed by atoms with Crippen molar-refractivity contribution < 1.29 is 0 Å². The first-order valence-corrected chi connectivity index (χ1v) is 5.05. The van der Waals surface area contributed by atoms with Crippen LogP contribution in [0.4, 0.5) is 5.69 Å². The molecule has 2 N–H and O–H groups in total. The molecule has 2 rings (SSSR count). The van der Waals surface area contributed by atoms with Crippen molar-refractivity contribution >= 4 is 5.69 Å². The van der Waals surface area contributed by atoms with E-state index in [1.165, 1.54) is 0 Å². The summed E-state index contributed by atoms with van der Waals surface area (Å²) in [5, 5.41) is 4.25. The largest absolute Gasteiger partial charge is 0.399 e. The summed E-state index contributed by atoms with van der Waals surface area (Å²) in [7, 11) is 0. The molecule has 4 heteroatoms. The zero-order valence-electron chi connectivity index (χ0n) is 8.72. The summed E-state index contributed by atoms with van der Waals surface area (Å²) in [6, 6.07) is 5.60. The maximum absolute atomic E-state index is 5.72. The summed E-state index contributed by atoms with van der Waals surface area (Å²) in [4.78, 5) is 4.28. The van der Waals surface area contributed by atoms with E-state index in [4.69, 9.17) is 5.73 Å². The molecule has 0 saturated carbocycles. The quantitative estimate of drug-likeness (QED) is 0.827. The standard InChI is InChI=1S/C11H14N4/c1-2-7-15-11(4-6-14-15)10-8-9(12)3-5-13-10/h3-6,8H,2,7H2,1H3,(H2,12,13). The topological polar surface area (TPSA) is 56.7 Å². The first-order valence-electron chi connectivity index (χ1n) is 5.05. The van der Waals surface area contributed by atoms with Gasteiger partial charge in [-0.3, -0.25) is 9.67 Å². The Kier molecular flexibility index (Phi) is 2.67. The number of nitrogen functional groups attached to an aromatic ring is 1. The van der Waals surface area contributed by atoms with Gasteiger partial charge >= 0.3 is 0 Å². The molecule has 0 unspecified atom stereocenters. The van der Waals surface area contributed by atoms with Crippen LogP contribution in [0.3, 0.4) is 0 Å². The molecule has 0 saturated heterocycles. The third-order valence-electron chi connectivity index (χ3n) is 2.20. The van der Waals surface area contributed by atoms with Gasteiger partial charge in [-0.2, -0.15) is 5.10 Å². The van der Waals surface area contributed by atoms with E-state index >= 15 is 0 Å². The number of rotatable bonds is 3. The number of aryl methyl sites for hydroxylation is 1. The van der Waals surface area contributed by atoms with Crippen molar-refractivity contribution in [3.63, 3.8) is 0 Å². The molecule has 0 amide bonds. The average Bonchev–Trinajstić information content (AvgIpc) is 2.66. The van der Waals surface area contributed by atoms with E-state index < -0.39 is 0 Å². The average molecular weight is 202 g/mol. The zero-order chi connectivity index (χ0) is 10.7. The highest BCUT2D eigenvalue weighted by Crippen LogP contribution is 2.18. The summed E-state index contributed by atoms with van der Waals surface area (Å²) < 4.78 is 1.95. The highest BCUT2D eigenvalue weighted by atomic mass is 15.3. The maximum atomic E-state index is 5.72. The first kappa shape index (κ1) is 9.71. The van der Waals surface area contributed by atoms with Gasteiger partial charge in [0.1, 0.15) is 0 Å². The lowest BCUT2D eigenvalue weighted by atomic mass is 10.2. The van der Waals surface area contributed by atoms with Gasteiger partial charge in [0.2, 0.25) is 0 Å². The van der Waals surface area contributed by atoms with Gasteiger partial charge in [0.25, 0.3) is 0 Å². The van der Waals surface area contributed by atoms with Crippen LogP contribution in [0.2, 0.25) is 0 Å². The fourth-order valence-corrected chi connectivity index (χ4v) is 1.53. The van der Waals surface area contributed by atoms with E-state index in [1.54, 1.807) is 18.5 Å². The van der Waals surface area contributed by atoms with Gasteiger partial charge in [-0.05, 0) is 24.6 Å². The van der Waals surface area contributed by atoms with E-state index in [0.29, 0.717) is 0 Å². The monoisotopic (exact) mass is 202 g/mol. The van der Waals surface area contributed by atoms with Crippen LogP contribution in [-0.2, 0) is 6.54 Å². The van der Waals surface area contributed by atoms with Gasteiger partial charge in [-0.25, -0.2) is 0 Å². The molecule has 0 aliphatic heterocycles. The molecule has 4 nitrogen and oxygen atoms in total. The maximum Gasteiger partial charge on any atom is 0.0903 e. The number of nitrogens with two attached hydrogens (primary N) is 1. The summed E-state index contributed by atoms with van der Waals surface area (Å²) in [6.45, 7) is 3.02. The van der Waals surface area contributed by atoms with Gasteiger partial charge in [-0.1, -0.05) is 6.92 Å². The van der Waals surface area contributed by atoms with E-state index in [9.17, 15) is 0 Å². The van der Waals surface area contributed by atoms with Gasteiger partial charge in [-0.15, -0.1) is 0 Å². The highest BCUT2D eigenvalue weighted by Gasteiger charge is 2.05. The molecule has 2 heterocycles. The first-order chi connectivity index (χ1) is 7.31. The van der Waals surface area contributed by atoms with E-state index in [2.05, 4.69) is 17.0 Å². The van der Waals surface area contributed by atoms with Crippen LogP contribution in [0.5, 0.6) is 0 Å². The second-order valence-electron chi connectivity index (χ2n) is 3.41. The SMILES string of the molecule is CCCn1nccc1-c1cc(N)ccn1. The number of nitrogens with zero attached hydrogens (tertiary/aromatic N) is 3. The molecule has 15 heavy (non-hydrogen) atoms. The van der Waals surface area contributed by atoms with Crippen molar-refractivity contribution in [2.24, 2.45) is 0 Å². The predicted molar refractivity (Wildman–Crippen MR) is 60.2 cm³/mol. The van der Waals surface area contributed by atoms with Crippen LogP contribution >= 0.6 is 0 Å². The fraction of sp³-hybridized carbons (Fsp3) is 0.273. The van der Waals surface area contributed by atoms with E-state index in [0.717, 1.165) is 30.0 Å². The van der Waals surface area contributed by atoms with Crippen molar-refractivity contribution in [3.05, 3.63) is 30.6 Å². The summed E-state index contributed by atoms with van der Waals surface area (Å²) in [6.07, 6.45) is 4.56. The lowest BCUT2D eigenvalue weighted by Crippen LogP contribution is -2.02. The third-order valence-corrected chi connectivity index (χ3v) is 2.20. The van der Waals surface area contributed by atoms with Crippen LogP contribution < -0.4 is 5.73 Å². The Morgan fingerprint density at radius 1 is 1.33 bits per heavy atom. The van der Waals surface area contributed by atoms with Crippen molar-refractivity contribution in [1.82, 2.24) is 14.8 Å². The summed E-state index contributed by atoms with van der Waals surface area (Å²) >= 11 is 0. The Morgan fingerprint density at radius 3 is 2.93 bits per heavy atom. The molecular formula is C11H14N4. The number of anilines is 1. The molecule has 0 aromatic carbocycles. The third kappa shape index (κ3) is 1.98. The van der Waals surface area contributed by atoms with Gasteiger partial charge < -0.3 is 5.73 Å². The van der Waals surface area contributed by atoms with Gasteiger partial charge in [0, 0.05) is 24.6 Å². The minimum absolute atomic E-state index is 0.726. The Bertz CT molecular complexity index is 447. The molecule has 0 spiro atoms. The Hall–Kier alpha value is -1.84. The number of aromatic nitrogens is 3. The van der Waals surface area contributed by atoms with Crippen LogP contribution in [0.25, 0.3) is 11.4 Å². The number of hydrogen-bond acceptors (Lipinski definition) is 3. The number of pyridine rings is 1. The van der Waals surface area contributed by atoms with Gasteiger partial charge in [0.15, 0.2) is 0 Å². The van der Waals surface area contributed by atoms with Crippen LogP contribution in [0.1, 0.15) is 13.3 Å². The molecule has 2 aromatic heterocycles. The second kappa shape index (κ2) is 4.13. The Balaban J connectivity index is 2.40. The lowest BCUT2D eigenvalue weighted by molar-refractivity contribution is 0.608. The summed E-state index contributed by atoms with van der Waals surface area (Å²) in [5.74, 6) is 0. The lowest BCUT2D eigenvalue weighted by Gasteiger charge is -2.05. The second-order valence-corrected chi connectivity index (χ2v) is 3.41. The van der Waals surface area contributed by atoms with Gasteiger partial charge in [0.05, 0.1) is 11.4 Å². The fourth-order valence-electron chi connectivity index (χ4n) is 1.53. The van der Waals surface area contributed by atoms with Crippen molar-refractivity contribution in [2.75, 3.05) is 5.73 Å². The zero-order valence-corrected chi connectivity index (χ0v) is 8.72. The van der Waals surface area contributed by atoms with Crippen LogP contribution in [0, 0.1) is 0 Å². The molecular weight excluding hydrogens is 188 g/mol. The highest BCUT2D eigenvalue weighted by molar-refractivity contribution is 5.59. The molecule has 0 fully saturated rings. The van der Waals surface area contributed by atoms with Crippen molar-refractivity contribution in [1.29, 1.82) is 0 Å². The minimum Gasteiger partial charge on any atom is -0.399 e. The Labute approximate surface area is 88.8 Å². The van der Waals surface area contributed by atoms with E-state index in [1.807, 2.05) is 16.8 Å². The number of hydrogen-bond donors (Lipinski definition) is 1. The van der Waals surface area contributed by atoms with E-state index in [-0.39, 0.29) is 0 Å². The predicted octanol–water partition coefficient (Wildman–Crippen LogP) is 1.94. The Morgan fingerprint density at radius 2 is 2.20 bits per heavy atom. The van der Waals surface area contributed by atoms with Crippen LogP contribution in [0.15, 0.2) is 30.6 Å². The minimum atomic E-state index is 0.726. The normalized spacial score (nSPS) is 10.5. The molecule has 0 aliphatic rings. The summed E-state index contributed by atoms with van der Waals surface area (Å²) in [5.41, 5.74) is 8.34. The molecule has 0 atom stereocenters. The van der Waals surface area contributed by atoms with Crippen LogP contribution in [-0.4, -0.2) is 14.8 Å². The molecule has 0 bridgehead atoms. The molecule has 0 radical (unpaired) electrons. The molecule has 2 aromatic rings. The van der Waals surface area contributed by atoms with Crippen molar-refractivity contribution in [2.45, 2.75) is 19.9 Å². The smallest absolute Gasteiger partial charge is 0.0903 e. The van der Waals surface area contributed by atoms with Crippen molar-refractivity contribution in [3.8, 4) is 11.4 Å². The molecule has 0 aliphatic carbocycles.